The Bertz CT molecular complexity index is 978. The van der Waals surface area contributed by atoms with E-state index in [9.17, 15) is 0 Å². The van der Waals surface area contributed by atoms with Crippen molar-refractivity contribution in [2.24, 2.45) is 0 Å². The summed E-state index contributed by atoms with van der Waals surface area (Å²) in [4.78, 5) is 16.2. The molecule has 31 heavy (non-hydrogen) atoms. The molecule has 1 atom stereocenters. The Morgan fingerprint density at radius 3 is 2.94 bits per heavy atom. The summed E-state index contributed by atoms with van der Waals surface area (Å²) < 4.78 is 5.63. The van der Waals surface area contributed by atoms with E-state index in [0.717, 1.165) is 73.6 Å². The fraction of sp³-hybridized carbons (Fsp3) is 0.480. The molecule has 6 nitrogen and oxygen atoms in total. The molecule has 0 spiro atoms. The van der Waals surface area contributed by atoms with E-state index in [4.69, 9.17) is 14.7 Å². The summed E-state index contributed by atoms with van der Waals surface area (Å²) in [6, 6.07) is 10.8. The zero-order chi connectivity index (χ0) is 21.5. The highest BCUT2D eigenvalue weighted by Crippen LogP contribution is 2.25. The van der Waals surface area contributed by atoms with Gasteiger partial charge in [-0.25, -0.2) is 9.97 Å². The van der Waals surface area contributed by atoms with Crippen molar-refractivity contribution in [3.63, 3.8) is 0 Å². The molecule has 1 N–H and O–H groups in total. The van der Waals surface area contributed by atoms with Crippen molar-refractivity contribution in [1.82, 2.24) is 20.3 Å². The van der Waals surface area contributed by atoms with Gasteiger partial charge in [0.05, 0.1) is 17.8 Å². The number of rotatable bonds is 8. The lowest BCUT2D eigenvalue weighted by molar-refractivity contribution is 0.340. The lowest BCUT2D eigenvalue weighted by atomic mass is 10.1. The van der Waals surface area contributed by atoms with Gasteiger partial charge in [0, 0.05) is 36.9 Å². The number of nitrogens with zero attached hydrogens (tertiary/aromatic N) is 4. The van der Waals surface area contributed by atoms with Crippen molar-refractivity contribution >= 4 is 16.9 Å². The Balaban J connectivity index is 1.32. The lowest BCUT2D eigenvalue weighted by Crippen LogP contribution is -2.32. The topological polar surface area (TPSA) is 63.2 Å². The van der Waals surface area contributed by atoms with Gasteiger partial charge in [-0.1, -0.05) is 6.07 Å². The Morgan fingerprint density at radius 1 is 1.16 bits per heavy atom. The maximum Gasteiger partial charge on any atom is 0.226 e. The zero-order valence-corrected chi connectivity index (χ0v) is 18.7. The summed E-state index contributed by atoms with van der Waals surface area (Å²) in [5.74, 6) is 1.73. The number of aryl methyl sites for hydroxylation is 2. The van der Waals surface area contributed by atoms with Crippen LogP contribution in [0.5, 0.6) is 5.75 Å². The third kappa shape index (κ3) is 5.70. The number of ether oxygens (including phenoxy) is 1. The molecule has 0 radical (unpaired) electrons. The average Bonchev–Trinajstić information content (AvgIpc) is 3.04. The monoisotopic (exact) mass is 419 g/mol. The molecule has 1 fully saturated rings. The quantitative estimate of drug-likeness (QED) is 0.549. The maximum absolute atomic E-state index is 5.63. The van der Waals surface area contributed by atoms with Crippen LogP contribution in [0.15, 0.2) is 42.7 Å². The first-order valence-corrected chi connectivity index (χ1v) is 11.5. The summed E-state index contributed by atoms with van der Waals surface area (Å²) in [5.41, 5.74) is 3.31. The molecule has 0 amide bonds. The summed E-state index contributed by atoms with van der Waals surface area (Å²) in [6.45, 7) is 7.77. The van der Waals surface area contributed by atoms with Crippen molar-refractivity contribution in [2.45, 2.75) is 52.0 Å². The number of hydrogen-bond donors (Lipinski definition) is 1. The first kappa shape index (κ1) is 21.5. The average molecular weight is 420 g/mol. The van der Waals surface area contributed by atoms with Crippen LogP contribution >= 0.6 is 0 Å². The lowest BCUT2D eigenvalue weighted by Gasteiger charge is -2.22. The van der Waals surface area contributed by atoms with E-state index in [1.54, 1.807) is 0 Å². The molecule has 0 bridgehead atoms. The molecular weight excluding hydrogens is 386 g/mol. The molecule has 164 valence electrons. The molecule has 2 aromatic heterocycles. The Labute approximate surface area is 185 Å². The number of fused-ring (bicyclic) bond motifs is 1. The van der Waals surface area contributed by atoms with Crippen LogP contribution in [0.1, 0.15) is 43.9 Å². The number of nitrogens with one attached hydrogen (secondary N) is 1. The standard InChI is InChI=1S/C25H33N5O/c1-3-31-22-10-11-24-23(17-22)19(2)28-25(29-24)30-15-6-9-21(12-16-30)27-14-5-8-20-7-4-13-26-18-20/h4,7,10-11,13,17-18,21,27H,3,5-6,8-9,12,14-16H2,1-2H3/t21-/m1/s1. The highest BCUT2D eigenvalue weighted by atomic mass is 16.5. The molecule has 6 heteroatoms. The Kier molecular flexibility index (Phi) is 7.30. The van der Waals surface area contributed by atoms with Gasteiger partial charge in [0.2, 0.25) is 5.95 Å². The highest BCUT2D eigenvalue weighted by Gasteiger charge is 2.19. The van der Waals surface area contributed by atoms with Gasteiger partial charge >= 0.3 is 0 Å². The largest absolute Gasteiger partial charge is 0.494 e. The van der Waals surface area contributed by atoms with Gasteiger partial charge in [-0.2, -0.15) is 0 Å². The van der Waals surface area contributed by atoms with Crippen LogP contribution in [0.25, 0.3) is 10.9 Å². The minimum absolute atomic E-state index is 0.564. The van der Waals surface area contributed by atoms with Crippen LogP contribution in [0.2, 0.25) is 0 Å². The fourth-order valence-corrected chi connectivity index (χ4v) is 4.29. The number of pyridine rings is 1. The maximum atomic E-state index is 5.63. The smallest absolute Gasteiger partial charge is 0.226 e. The van der Waals surface area contributed by atoms with Gasteiger partial charge in [0.25, 0.3) is 0 Å². The van der Waals surface area contributed by atoms with E-state index in [0.29, 0.717) is 12.6 Å². The Morgan fingerprint density at radius 2 is 2.10 bits per heavy atom. The predicted molar refractivity (Wildman–Crippen MR) is 126 cm³/mol. The molecule has 3 heterocycles. The van der Waals surface area contributed by atoms with Crippen LogP contribution in [0.3, 0.4) is 0 Å². The van der Waals surface area contributed by atoms with Gasteiger partial charge in [-0.05, 0) is 82.3 Å². The van der Waals surface area contributed by atoms with E-state index >= 15 is 0 Å². The first-order chi connectivity index (χ1) is 15.2. The molecule has 1 saturated heterocycles. The van der Waals surface area contributed by atoms with Crippen LogP contribution in [0, 0.1) is 6.92 Å². The van der Waals surface area contributed by atoms with E-state index in [1.165, 1.54) is 12.0 Å². The summed E-state index contributed by atoms with van der Waals surface area (Å²) in [5, 5.41) is 4.83. The van der Waals surface area contributed by atoms with E-state index in [-0.39, 0.29) is 0 Å². The second-order valence-corrected chi connectivity index (χ2v) is 8.25. The van der Waals surface area contributed by atoms with E-state index in [2.05, 4.69) is 28.2 Å². The van der Waals surface area contributed by atoms with Crippen molar-refractivity contribution in [2.75, 3.05) is 31.1 Å². The summed E-state index contributed by atoms with van der Waals surface area (Å²) >= 11 is 0. The minimum atomic E-state index is 0.564. The normalized spacial score (nSPS) is 17.0. The number of anilines is 1. The molecule has 1 aliphatic rings. The molecule has 4 rings (SSSR count). The fourth-order valence-electron chi connectivity index (χ4n) is 4.29. The second-order valence-electron chi connectivity index (χ2n) is 8.25. The highest BCUT2D eigenvalue weighted by molar-refractivity contribution is 5.83. The first-order valence-electron chi connectivity index (χ1n) is 11.5. The van der Waals surface area contributed by atoms with Gasteiger partial charge in [-0.15, -0.1) is 0 Å². The zero-order valence-electron chi connectivity index (χ0n) is 18.7. The van der Waals surface area contributed by atoms with E-state index in [1.807, 2.05) is 43.6 Å². The van der Waals surface area contributed by atoms with Gasteiger partial charge in [0.1, 0.15) is 5.75 Å². The molecule has 3 aromatic rings. The van der Waals surface area contributed by atoms with Crippen LogP contribution < -0.4 is 15.0 Å². The SMILES string of the molecule is CCOc1ccc2nc(N3CCC[C@@H](NCCCc4cccnc4)CC3)nc(C)c2c1. The van der Waals surface area contributed by atoms with Crippen molar-refractivity contribution < 1.29 is 4.74 Å². The van der Waals surface area contributed by atoms with Gasteiger partial charge < -0.3 is 15.0 Å². The van der Waals surface area contributed by atoms with Gasteiger partial charge in [-0.3, -0.25) is 4.98 Å². The summed E-state index contributed by atoms with van der Waals surface area (Å²) in [6.07, 6.45) is 9.50. The van der Waals surface area contributed by atoms with Crippen LogP contribution in [-0.4, -0.2) is 47.2 Å². The number of benzene rings is 1. The molecule has 1 aromatic carbocycles. The number of hydrogen-bond acceptors (Lipinski definition) is 6. The van der Waals surface area contributed by atoms with E-state index < -0.39 is 0 Å². The van der Waals surface area contributed by atoms with Crippen LogP contribution in [0.4, 0.5) is 5.95 Å². The summed E-state index contributed by atoms with van der Waals surface area (Å²) in [7, 11) is 0. The minimum Gasteiger partial charge on any atom is -0.494 e. The van der Waals surface area contributed by atoms with Crippen molar-refractivity contribution in [1.29, 1.82) is 0 Å². The molecular formula is C25H33N5O. The predicted octanol–water partition coefficient (Wildman–Crippen LogP) is 4.31. The molecule has 0 unspecified atom stereocenters. The molecule has 0 aliphatic carbocycles. The third-order valence-corrected chi connectivity index (χ3v) is 5.97. The van der Waals surface area contributed by atoms with Gasteiger partial charge in [0.15, 0.2) is 0 Å². The Hall–Kier alpha value is -2.73. The number of aromatic nitrogens is 3. The third-order valence-electron chi connectivity index (χ3n) is 5.97. The second kappa shape index (κ2) is 10.5. The molecule has 0 saturated carbocycles. The van der Waals surface area contributed by atoms with Crippen molar-refractivity contribution in [3.8, 4) is 5.75 Å². The molecule has 1 aliphatic heterocycles. The van der Waals surface area contributed by atoms with Crippen LogP contribution in [-0.2, 0) is 6.42 Å². The van der Waals surface area contributed by atoms with Crippen molar-refractivity contribution in [3.05, 3.63) is 54.0 Å².